The predicted octanol–water partition coefficient (Wildman–Crippen LogP) is 3.33. The van der Waals surface area contributed by atoms with E-state index in [-0.39, 0.29) is 0 Å². The van der Waals surface area contributed by atoms with Crippen LogP contribution >= 0.6 is 11.6 Å². The van der Waals surface area contributed by atoms with E-state index in [4.69, 9.17) is 26.8 Å². The van der Waals surface area contributed by atoms with Crippen LogP contribution < -0.4 is 10.5 Å². The Morgan fingerprint density at radius 2 is 2.10 bits per heavy atom. The zero-order valence-electron chi connectivity index (χ0n) is 11.4. The average molecular weight is 295 g/mol. The number of primary amides is 1. The van der Waals surface area contributed by atoms with Gasteiger partial charge in [0.15, 0.2) is 0 Å². The molecule has 0 aliphatic carbocycles. The molecule has 20 heavy (non-hydrogen) atoms. The molecule has 5 nitrogen and oxygen atoms in total. The van der Waals surface area contributed by atoms with Gasteiger partial charge in [-0.1, -0.05) is 17.7 Å². The zero-order valence-corrected chi connectivity index (χ0v) is 12.2. The molecule has 1 atom stereocenters. The van der Waals surface area contributed by atoms with Gasteiger partial charge in [0.1, 0.15) is 5.75 Å². The van der Waals surface area contributed by atoms with Crippen molar-refractivity contribution in [2.45, 2.75) is 27.1 Å². The van der Waals surface area contributed by atoms with Gasteiger partial charge in [-0.3, -0.25) is 4.98 Å². The Morgan fingerprint density at radius 1 is 1.40 bits per heavy atom. The molecule has 2 N–H and O–H groups in total. The van der Waals surface area contributed by atoms with E-state index in [1.807, 2.05) is 19.9 Å². The molecule has 2 aromatic rings. The van der Waals surface area contributed by atoms with Crippen molar-refractivity contribution in [2.75, 3.05) is 0 Å². The van der Waals surface area contributed by atoms with Crippen molar-refractivity contribution in [3.8, 4) is 5.75 Å². The number of nitrogens with zero attached hydrogens (tertiary/aromatic N) is 1. The highest BCUT2D eigenvalue weighted by Crippen LogP contribution is 2.34. The minimum Gasteiger partial charge on any atom is -0.454 e. The van der Waals surface area contributed by atoms with Crippen molar-refractivity contribution in [1.82, 2.24) is 4.98 Å². The Labute approximate surface area is 121 Å². The average Bonchev–Trinajstić information content (AvgIpc) is 2.31. The van der Waals surface area contributed by atoms with E-state index in [0.717, 1.165) is 16.8 Å². The van der Waals surface area contributed by atoms with E-state index in [1.54, 1.807) is 19.1 Å². The molecule has 2 rings (SSSR count). The molecule has 1 aromatic carbocycles. The summed E-state index contributed by atoms with van der Waals surface area (Å²) in [5, 5.41) is 1.23. The fraction of sp³-hybridized carbons (Fsp3) is 0.286. The maximum Gasteiger partial charge on any atom is 0.407 e. The van der Waals surface area contributed by atoms with Gasteiger partial charge in [0, 0.05) is 12.6 Å². The van der Waals surface area contributed by atoms with Crippen molar-refractivity contribution in [3.05, 3.63) is 34.5 Å². The van der Waals surface area contributed by atoms with Crippen LogP contribution in [0, 0.1) is 13.8 Å². The molecule has 1 aromatic heterocycles. The highest BCUT2D eigenvalue weighted by molar-refractivity contribution is 6.36. The first-order chi connectivity index (χ1) is 9.38. The van der Waals surface area contributed by atoms with Crippen LogP contribution in [0.1, 0.15) is 18.2 Å². The standard InChI is InChI=1S/C14H15ClN2O3/c1-7-4-5-11(19-9(3)20-14(16)18)12-10(15)6-8(2)17-13(7)12/h4-6,9H,1-3H3,(H2,16,18). The number of halogens is 1. The van der Waals surface area contributed by atoms with Gasteiger partial charge in [-0.05, 0) is 31.5 Å². The summed E-state index contributed by atoms with van der Waals surface area (Å²) in [6, 6.07) is 5.40. The normalized spacial score (nSPS) is 12.2. The molecular formula is C14H15ClN2O3. The van der Waals surface area contributed by atoms with Crippen LogP contribution in [0.15, 0.2) is 18.2 Å². The second-order valence-corrected chi connectivity index (χ2v) is 4.88. The summed E-state index contributed by atoms with van der Waals surface area (Å²) in [6.45, 7) is 5.39. The third-order valence-corrected chi connectivity index (χ3v) is 3.08. The van der Waals surface area contributed by atoms with Crippen LogP contribution in [-0.4, -0.2) is 17.4 Å². The summed E-state index contributed by atoms with van der Waals surface area (Å²) in [6.07, 6.45) is -1.70. The molecule has 0 spiro atoms. The van der Waals surface area contributed by atoms with Crippen LogP contribution in [0.25, 0.3) is 10.9 Å². The molecule has 106 valence electrons. The first-order valence-corrected chi connectivity index (χ1v) is 6.45. The van der Waals surface area contributed by atoms with Crippen molar-refractivity contribution < 1.29 is 14.3 Å². The number of rotatable bonds is 3. The van der Waals surface area contributed by atoms with E-state index in [9.17, 15) is 4.79 Å². The molecule has 6 heteroatoms. The Bertz CT molecular complexity index is 673. The van der Waals surface area contributed by atoms with E-state index in [0.29, 0.717) is 16.2 Å². The van der Waals surface area contributed by atoms with Crippen LogP contribution in [-0.2, 0) is 4.74 Å². The number of aromatic nitrogens is 1. The molecule has 1 unspecified atom stereocenters. The lowest BCUT2D eigenvalue weighted by molar-refractivity contribution is -0.0130. The predicted molar refractivity (Wildman–Crippen MR) is 77.0 cm³/mol. The number of carbonyl (C=O) groups is 1. The SMILES string of the molecule is Cc1cc(Cl)c2c(OC(C)OC(N)=O)ccc(C)c2n1. The largest absolute Gasteiger partial charge is 0.454 e. The monoisotopic (exact) mass is 294 g/mol. The van der Waals surface area contributed by atoms with Crippen molar-refractivity contribution >= 4 is 28.6 Å². The number of ether oxygens (including phenoxy) is 2. The number of nitrogens with two attached hydrogens (primary N) is 1. The highest BCUT2D eigenvalue weighted by atomic mass is 35.5. The van der Waals surface area contributed by atoms with Gasteiger partial charge in [-0.2, -0.15) is 0 Å². The summed E-state index contributed by atoms with van der Waals surface area (Å²) >= 11 is 6.28. The number of benzene rings is 1. The first kappa shape index (κ1) is 14.4. The van der Waals surface area contributed by atoms with Gasteiger partial charge in [-0.25, -0.2) is 4.79 Å². The van der Waals surface area contributed by atoms with Gasteiger partial charge in [0.25, 0.3) is 0 Å². The Hall–Kier alpha value is -2.01. The molecule has 0 radical (unpaired) electrons. The number of pyridine rings is 1. The Balaban J connectivity index is 2.49. The van der Waals surface area contributed by atoms with Crippen LogP contribution in [0.2, 0.25) is 5.02 Å². The molecule has 0 bridgehead atoms. The van der Waals surface area contributed by atoms with Gasteiger partial charge in [-0.15, -0.1) is 0 Å². The highest BCUT2D eigenvalue weighted by Gasteiger charge is 2.14. The maximum absolute atomic E-state index is 10.7. The lowest BCUT2D eigenvalue weighted by Crippen LogP contribution is -2.24. The Kier molecular flexibility index (Phi) is 3.99. The molecule has 1 heterocycles. The first-order valence-electron chi connectivity index (χ1n) is 6.07. The van der Waals surface area contributed by atoms with Crippen molar-refractivity contribution in [3.63, 3.8) is 0 Å². The molecule has 0 aliphatic rings. The third-order valence-electron chi connectivity index (χ3n) is 2.78. The lowest BCUT2D eigenvalue weighted by Gasteiger charge is -2.17. The van der Waals surface area contributed by atoms with Crippen LogP contribution in [0.5, 0.6) is 5.75 Å². The molecule has 0 aliphatic heterocycles. The third kappa shape index (κ3) is 2.93. The number of aryl methyl sites for hydroxylation is 2. The van der Waals surface area contributed by atoms with Crippen LogP contribution in [0.3, 0.4) is 0 Å². The summed E-state index contributed by atoms with van der Waals surface area (Å²) in [5.41, 5.74) is 7.53. The molecule has 0 fully saturated rings. The second-order valence-electron chi connectivity index (χ2n) is 4.47. The van der Waals surface area contributed by atoms with Crippen molar-refractivity contribution in [1.29, 1.82) is 0 Å². The minimum atomic E-state index is -0.894. The van der Waals surface area contributed by atoms with Crippen LogP contribution in [0.4, 0.5) is 4.79 Å². The molecule has 0 saturated carbocycles. The lowest BCUT2D eigenvalue weighted by atomic mass is 10.1. The van der Waals surface area contributed by atoms with Gasteiger partial charge >= 0.3 is 6.09 Å². The number of fused-ring (bicyclic) bond motifs is 1. The quantitative estimate of drug-likeness (QED) is 0.881. The van der Waals surface area contributed by atoms with E-state index in [1.165, 1.54) is 0 Å². The molecule has 0 saturated heterocycles. The summed E-state index contributed by atoms with van der Waals surface area (Å²) in [5.74, 6) is 0.497. The minimum absolute atomic E-state index is 0.497. The topological polar surface area (TPSA) is 74.4 Å². The van der Waals surface area contributed by atoms with E-state index in [2.05, 4.69) is 4.98 Å². The van der Waals surface area contributed by atoms with Gasteiger partial charge < -0.3 is 15.2 Å². The second kappa shape index (κ2) is 5.54. The fourth-order valence-electron chi connectivity index (χ4n) is 1.98. The number of hydrogen-bond acceptors (Lipinski definition) is 4. The maximum atomic E-state index is 10.7. The smallest absolute Gasteiger partial charge is 0.407 e. The Morgan fingerprint density at radius 3 is 2.75 bits per heavy atom. The van der Waals surface area contributed by atoms with E-state index < -0.39 is 12.4 Å². The van der Waals surface area contributed by atoms with Gasteiger partial charge in [0.2, 0.25) is 6.29 Å². The van der Waals surface area contributed by atoms with E-state index >= 15 is 0 Å². The van der Waals surface area contributed by atoms with Crippen molar-refractivity contribution in [2.24, 2.45) is 5.73 Å². The fourth-order valence-corrected chi connectivity index (χ4v) is 2.32. The number of amides is 1. The zero-order chi connectivity index (χ0) is 14.9. The summed E-state index contributed by atoms with van der Waals surface area (Å²) in [4.78, 5) is 15.2. The molecular weight excluding hydrogens is 280 g/mol. The number of carbonyl (C=O) groups excluding carboxylic acids is 1. The summed E-state index contributed by atoms with van der Waals surface area (Å²) < 4.78 is 10.3. The molecule has 1 amide bonds. The summed E-state index contributed by atoms with van der Waals surface area (Å²) in [7, 11) is 0. The van der Waals surface area contributed by atoms with Gasteiger partial charge in [0.05, 0.1) is 15.9 Å². The number of hydrogen-bond donors (Lipinski definition) is 1.